The van der Waals surface area contributed by atoms with Gasteiger partial charge in [-0.15, -0.1) is 35.3 Å². The summed E-state index contributed by atoms with van der Waals surface area (Å²) in [5, 5.41) is 7.94. The van der Waals surface area contributed by atoms with Crippen LogP contribution < -0.4 is 10.6 Å². The molecule has 1 saturated heterocycles. The maximum Gasteiger partial charge on any atom is 0.409 e. The van der Waals surface area contributed by atoms with Crippen molar-refractivity contribution in [3.05, 3.63) is 39.7 Å². The number of guanidine groups is 1. The lowest BCUT2D eigenvalue weighted by Crippen LogP contribution is -2.50. The van der Waals surface area contributed by atoms with E-state index in [1.165, 1.54) is 4.88 Å². The van der Waals surface area contributed by atoms with Crippen LogP contribution in [0.15, 0.2) is 27.8 Å². The number of carbonyl (C=O) groups is 1. The highest BCUT2D eigenvalue weighted by Gasteiger charge is 2.24. The monoisotopic (exact) mass is 561 g/mol. The van der Waals surface area contributed by atoms with Crippen LogP contribution in [0.3, 0.4) is 0 Å². The van der Waals surface area contributed by atoms with Gasteiger partial charge in [-0.05, 0) is 45.7 Å². The largest absolute Gasteiger partial charge is 0.469 e. The molecule has 2 N–H and O–H groups in total. The number of hydrogen-bond donors (Lipinski definition) is 2. The fourth-order valence-electron chi connectivity index (χ4n) is 3.28. The van der Waals surface area contributed by atoms with Crippen LogP contribution in [0.4, 0.5) is 4.79 Å². The highest BCUT2D eigenvalue weighted by Crippen LogP contribution is 2.17. The van der Waals surface area contributed by atoms with Gasteiger partial charge in [0, 0.05) is 37.0 Å². The van der Waals surface area contributed by atoms with Crippen LogP contribution >= 0.6 is 35.3 Å². The molecule has 3 rings (SSSR count). The Bertz CT molecular complexity index is 813. The van der Waals surface area contributed by atoms with Gasteiger partial charge >= 0.3 is 6.09 Å². The van der Waals surface area contributed by atoms with E-state index in [1.54, 1.807) is 22.5 Å². The second kappa shape index (κ2) is 12.9. The lowest BCUT2D eigenvalue weighted by Gasteiger charge is -2.32. The summed E-state index contributed by atoms with van der Waals surface area (Å²) in [5.74, 6) is 1.71. The number of piperidine rings is 1. The molecule has 8 nitrogen and oxygen atoms in total. The van der Waals surface area contributed by atoms with Crippen molar-refractivity contribution in [1.82, 2.24) is 20.5 Å². The molecule has 0 saturated carbocycles. The van der Waals surface area contributed by atoms with Crippen molar-refractivity contribution in [2.75, 3.05) is 26.2 Å². The van der Waals surface area contributed by atoms with Gasteiger partial charge in [0.2, 0.25) is 0 Å². The molecule has 0 unspecified atom stereocenters. The number of rotatable bonds is 7. The molecule has 0 spiro atoms. The number of aliphatic imine (C=N–C) groups is 1. The number of likely N-dealkylation sites (tertiary alicyclic amines) is 1. The molecule has 1 amide bonds. The molecule has 172 valence electrons. The minimum Gasteiger partial charge on any atom is -0.469 e. The molecule has 0 radical (unpaired) electrons. The molecule has 2 aromatic rings. The average molecular weight is 561 g/mol. The van der Waals surface area contributed by atoms with Crippen LogP contribution in [-0.4, -0.2) is 54.2 Å². The number of carbonyl (C=O) groups excluding carboxylic acids is 1. The van der Waals surface area contributed by atoms with Gasteiger partial charge in [0.15, 0.2) is 5.96 Å². The van der Waals surface area contributed by atoms with Crippen LogP contribution in [0.1, 0.15) is 41.1 Å². The molecule has 2 aromatic heterocycles. The molecule has 3 heterocycles. The van der Waals surface area contributed by atoms with Gasteiger partial charge in [-0.25, -0.2) is 14.8 Å². The fourth-order valence-corrected chi connectivity index (χ4v) is 4.14. The van der Waals surface area contributed by atoms with Crippen molar-refractivity contribution in [1.29, 1.82) is 0 Å². The zero-order chi connectivity index (χ0) is 21.3. The summed E-state index contributed by atoms with van der Waals surface area (Å²) in [5.41, 5.74) is 1.07. The predicted octanol–water partition coefficient (Wildman–Crippen LogP) is 3.87. The Hall–Kier alpha value is -1.82. The number of halogens is 1. The Morgan fingerprint density at radius 1 is 1.39 bits per heavy atom. The van der Waals surface area contributed by atoms with E-state index in [2.05, 4.69) is 22.5 Å². The topological polar surface area (TPSA) is 92.0 Å². The standard InChI is InChI=1S/C21H31N5O3S.HI/c1-4-28-21(27)26-11-8-17(9-12-26)25-20(22-10-7-18-6-5-13-29-18)23-14-19-24-15(2)16(3)30-19;/h5-6,13,17H,4,7-12,14H2,1-3H3,(H2,22,23,25);1H. The van der Waals surface area contributed by atoms with Crippen molar-refractivity contribution in [2.24, 2.45) is 4.99 Å². The van der Waals surface area contributed by atoms with Gasteiger partial charge in [0.1, 0.15) is 10.8 Å². The van der Waals surface area contributed by atoms with Gasteiger partial charge in [-0.3, -0.25) is 0 Å². The molecule has 31 heavy (non-hydrogen) atoms. The van der Waals surface area contributed by atoms with Crippen LogP contribution in [0.5, 0.6) is 0 Å². The highest BCUT2D eigenvalue weighted by atomic mass is 127. The molecule has 1 aliphatic heterocycles. The average Bonchev–Trinajstić information content (AvgIpc) is 3.36. The molecular weight excluding hydrogens is 529 g/mol. The Kier molecular flexibility index (Phi) is 10.6. The number of nitrogens with zero attached hydrogens (tertiary/aromatic N) is 3. The van der Waals surface area contributed by atoms with E-state index in [-0.39, 0.29) is 36.1 Å². The molecule has 0 aromatic carbocycles. The van der Waals surface area contributed by atoms with E-state index in [0.717, 1.165) is 48.2 Å². The number of thiazole rings is 1. The normalized spacial score (nSPS) is 14.8. The van der Waals surface area contributed by atoms with E-state index in [9.17, 15) is 4.79 Å². The Balaban J connectivity index is 0.00000341. The lowest BCUT2D eigenvalue weighted by molar-refractivity contribution is 0.0963. The van der Waals surface area contributed by atoms with Crippen molar-refractivity contribution in [3.8, 4) is 0 Å². The van der Waals surface area contributed by atoms with E-state index in [1.807, 2.05) is 26.0 Å². The minimum absolute atomic E-state index is 0. The van der Waals surface area contributed by atoms with Crippen LogP contribution in [-0.2, 0) is 17.7 Å². The number of ether oxygens (including phenoxy) is 1. The number of furan rings is 1. The fraction of sp³-hybridized carbons (Fsp3) is 0.571. The number of amides is 1. The molecule has 10 heteroatoms. The smallest absolute Gasteiger partial charge is 0.409 e. The van der Waals surface area contributed by atoms with Gasteiger partial charge in [0.05, 0.1) is 25.1 Å². The number of nitrogens with one attached hydrogen (secondary N) is 2. The van der Waals surface area contributed by atoms with Crippen molar-refractivity contribution >= 4 is 47.4 Å². The number of hydrogen-bond acceptors (Lipinski definition) is 6. The first kappa shape index (κ1) is 25.4. The van der Waals surface area contributed by atoms with E-state index in [4.69, 9.17) is 14.1 Å². The maximum absolute atomic E-state index is 11.9. The molecule has 0 atom stereocenters. The van der Waals surface area contributed by atoms with Crippen LogP contribution in [0, 0.1) is 13.8 Å². The second-order valence-electron chi connectivity index (χ2n) is 7.27. The summed E-state index contributed by atoms with van der Waals surface area (Å²) in [7, 11) is 0. The van der Waals surface area contributed by atoms with E-state index < -0.39 is 0 Å². The van der Waals surface area contributed by atoms with Gasteiger partial charge < -0.3 is 24.7 Å². The molecular formula is C21H32IN5O3S. The molecule has 1 fully saturated rings. The SMILES string of the molecule is CCOC(=O)N1CCC(NC(=NCc2nc(C)c(C)s2)NCCc2ccco2)CC1.I. The van der Waals surface area contributed by atoms with Crippen molar-refractivity contribution in [3.63, 3.8) is 0 Å². The first-order valence-corrected chi connectivity index (χ1v) is 11.3. The third-order valence-electron chi connectivity index (χ3n) is 5.05. The third-order valence-corrected chi connectivity index (χ3v) is 6.11. The summed E-state index contributed by atoms with van der Waals surface area (Å²) in [6.45, 7) is 8.96. The summed E-state index contributed by atoms with van der Waals surface area (Å²) < 4.78 is 10.5. The highest BCUT2D eigenvalue weighted by molar-refractivity contribution is 14.0. The van der Waals surface area contributed by atoms with Gasteiger partial charge in [-0.1, -0.05) is 0 Å². The Labute approximate surface area is 204 Å². The Morgan fingerprint density at radius 3 is 2.77 bits per heavy atom. The second-order valence-corrected chi connectivity index (χ2v) is 8.56. The molecule has 0 bridgehead atoms. The predicted molar refractivity (Wildman–Crippen MR) is 133 cm³/mol. The molecule has 1 aliphatic rings. The van der Waals surface area contributed by atoms with Crippen molar-refractivity contribution < 1.29 is 13.9 Å². The summed E-state index contributed by atoms with van der Waals surface area (Å²) in [4.78, 5) is 24.2. The quantitative estimate of drug-likeness (QED) is 0.303. The molecule has 0 aliphatic carbocycles. The van der Waals surface area contributed by atoms with Gasteiger partial charge in [0.25, 0.3) is 0 Å². The zero-order valence-corrected chi connectivity index (χ0v) is 21.5. The van der Waals surface area contributed by atoms with Crippen LogP contribution in [0.25, 0.3) is 0 Å². The Morgan fingerprint density at radius 2 is 2.16 bits per heavy atom. The van der Waals surface area contributed by atoms with E-state index in [0.29, 0.717) is 26.2 Å². The summed E-state index contributed by atoms with van der Waals surface area (Å²) >= 11 is 1.69. The number of aryl methyl sites for hydroxylation is 2. The van der Waals surface area contributed by atoms with Crippen molar-refractivity contribution in [2.45, 2.75) is 52.6 Å². The first-order valence-electron chi connectivity index (χ1n) is 10.5. The van der Waals surface area contributed by atoms with E-state index >= 15 is 0 Å². The van der Waals surface area contributed by atoms with Gasteiger partial charge in [-0.2, -0.15) is 0 Å². The van der Waals surface area contributed by atoms with Crippen LogP contribution in [0.2, 0.25) is 0 Å². The summed E-state index contributed by atoms with van der Waals surface area (Å²) in [6, 6.07) is 4.12. The zero-order valence-electron chi connectivity index (χ0n) is 18.3. The minimum atomic E-state index is -0.226. The summed E-state index contributed by atoms with van der Waals surface area (Å²) in [6.07, 6.45) is 3.95. The number of aromatic nitrogens is 1. The lowest BCUT2D eigenvalue weighted by atomic mass is 10.1. The third kappa shape index (κ3) is 7.99. The maximum atomic E-state index is 11.9. The first-order chi connectivity index (χ1) is 14.5.